The van der Waals surface area contributed by atoms with E-state index in [4.69, 9.17) is 0 Å². The molecule has 0 aromatic carbocycles. The maximum absolute atomic E-state index is 13.3. The molecule has 3 fully saturated rings. The maximum atomic E-state index is 13.3. The second-order valence-electron chi connectivity index (χ2n) is 8.18. The molecule has 6 nitrogen and oxygen atoms in total. The van der Waals surface area contributed by atoms with E-state index >= 15 is 0 Å². The maximum Gasteiger partial charge on any atom is 0.242 e. The summed E-state index contributed by atoms with van der Waals surface area (Å²) in [5.74, 6) is -3.42. The third-order valence-corrected chi connectivity index (χ3v) is 6.57. The Balaban J connectivity index is 1.97. The molecule has 0 N–H and O–H groups in total. The molecule has 152 valence electrons. The number of hydrogen-bond donors (Lipinski definition) is 0. The summed E-state index contributed by atoms with van der Waals surface area (Å²) >= 11 is 0. The molecule has 3 aliphatic rings. The van der Waals surface area contributed by atoms with E-state index in [1.807, 2.05) is 0 Å². The highest BCUT2D eigenvalue weighted by molar-refractivity contribution is 6.22. The van der Waals surface area contributed by atoms with Crippen LogP contribution in [0, 0.1) is 17.3 Å². The van der Waals surface area contributed by atoms with Gasteiger partial charge in [-0.25, -0.2) is 0 Å². The molecule has 28 heavy (non-hydrogen) atoms. The average molecular weight is 386 g/mol. The fraction of sp³-hybridized carbons (Fsp3) is 0.636. The first kappa shape index (κ1) is 20.5. The molecule has 0 atom stereocenters. The van der Waals surface area contributed by atoms with E-state index in [-0.39, 0.29) is 13.1 Å². The van der Waals surface area contributed by atoms with Crippen LogP contribution in [0.4, 0.5) is 0 Å². The SMILES string of the molecule is C=CCCCN1C(=O)C2C(=O)N(CCCC=C)C(=O)C(C1=O)C21CCCCC1. The minimum Gasteiger partial charge on any atom is -0.281 e. The van der Waals surface area contributed by atoms with Gasteiger partial charge in [0.15, 0.2) is 0 Å². The predicted octanol–water partition coefficient (Wildman–Crippen LogP) is 2.84. The number of nitrogens with zero attached hydrogens (tertiary/aromatic N) is 2. The van der Waals surface area contributed by atoms with Gasteiger partial charge in [-0.3, -0.25) is 29.0 Å². The lowest BCUT2D eigenvalue weighted by molar-refractivity contribution is -0.189. The number of carbonyl (C=O) groups is 4. The molecule has 0 aromatic heterocycles. The quantitative estimate of drug-likeness (QED) is 0.278. The Morgan fingerprint density at radius 2 is 1.14 bits per heavy atom. The Morgan fingerprint density at radius 1 is 0.750 bits per heavy atom. The zero-order chi connectivity index (χ0) is 20.3. The summed E-state index contributed by atoms with van der Waals surface area (Å²) < 4.78 is 0. The van der Waals surface area contributed by atoms with Gasteiger partial charge in [0.1, 0.15) is 11.8 Å². The molecule has 1 spiro atoms. The van der Waals surface area contributed by atoms with Gasteiger partial charge in [-0.2, -0.15) is 0 Å². The summed E-state index contributed by atoms with van der Waals surface area (Å²) in [7, 11) is 0. The van der Waals surface area contributed by atoms with Crippen LogP contribution < -0.4 is 0 Å². The highest BCUT2D eigenvalue weighted by Crippen LogP contribution is 2.55. The molecule has 0 unspecified atom stereocenters. The number of piperidine rings is 2. The second kappa shape index (κ2) is 8.41. The number of likely N-dealkylation sites (tertiary alicyclic amines) is 2. The molecular weight excluding hydrogens is 356 g/mol. The first-order valence-corrected chi connectivity index (χ1v) is 10.4. The van der Waals surface area contributed by atoms with Crippen LogP contribution in [-0.2, 0) is 19.2 Å². The fourth-order valence-electron chi connectivity index (χ4n) is 5.22. The lowest BCUT2D eigenvalue weighted by atomic mass is 9.54. The number of rotatable bonds is 8. The molecule has 0 aromatic rings. The average Bonchev–Trinajstić information content (AvgIpc) is 2.67. The van der Waals surface area contributed by atoms with Gasteiger partial charge in [-0.05, 0) is 38.5 Å². The van der Waals surface area contributed by atoms with Crippen molar-refractivity contribution < 1.29 is 19.2 Å². The summed E-state index contributed by atoms with van der Waals surface area (Å²) in [6.45, 7) is 7.81. The molecule has 3 rings (SSSR count). The van der Waals surface area contributed by atoms with Gasteiger partial charge in [0.05, 0.1) is 0 Å². The molecule has 2 heterocycles. The topological polar surface area (TPSA) is 74.8 Å². The fourth-order valence-corrected chi connectivity index (χ4v) is 5.22. The van der Waals surface area contributed by atoms with Crippen molar-refractivity contribution in [2.24, 2.45) is 17.3 Å². The first-order valence-electron chi connectivity index (χ1n) is 10.4. The summed E-state index contributed by atoms with van der Waals surface area (Å²) in [5, 5.41) is 0. The molecule has 1 saturated carbocycles. The van der Waals surface area contributed by atoms with Gasteiger partial charge in [-0.15, -0.1) is 13.2 Å². The Hall–Kier alpha value is -2.24. The van der Waals surface area contributed by atoms with Crippen molar-refractivity contribution in [1.29, 1.82) is 0 Å². The standard InChI is InChI=1S/C22H30N2O4/c1-3-5-10-14-23-18(25)16-20(27)24(15-11-6-4-2)21(28)17(19(23)26)22(16)12-8-7-9-13-22/h3-4,16-17H,1-2,5-15H2. The minimum atomic E-state index is -0.902. The largest absolute Gasteiger partial charge is 0.281 e. The van der Waals surface area contributed by atoms with Gasteiger partial charge in [0.25, 0.3) is 0 Å². The Bertz CT molecular complexity index is 609. The number of carbonyl (C=O) groups excluding carboxylic acids is 4. The Labute approximate surface area is 166 Å². The van der Waals surface area contributed by atoms with Gasteiger partial charge < -0.3 is 0 Å². The van der Waals surface area contributed by atoms with Crippen LogP contribution in [-0.4, -0.2) is 46.5 Å². The Morgan fingerprint density at radius 3 is 1.50 bits per heavy atom. The third kappa shape index (κ3) is 3.23. The second-order valence-corrected chi connectivity index (χ2v) is 8.18. The lowest BCUT2D eigenvalue weighted by Crippen LogP contribution is -2.72. The van der Waals surface area contributed by atoms with Crippen molar-refractivity contribution in [2.75, 3.05) is 13.1 Å². The van der Waals surface area contributed by atoms with Crippen molar-refractivity contribution in [3.63, 3.8) is 0 Å². The summed E-state index contributed by atoms with van der Waals surface area (Å²) in [6, 6.07) is 0. The van der Waals surface area contributed by atoms with Crippen molar-refractivity contribution in [3.8, 4) is 0 Å². The van der Waals surface area contributed by atoms with Gasteiger partial charge >= 0.3 is 0 Å². The predicted molar refractivity (Wildman–Crippen MR) is 105 cm³/mol. The highest BCUT2D eigenvalue weighted by Gasteiger charge is 2.67. The lowest BCUT2D eigenvalue weighted by Gasteiger charge is -2.55. The molecule has 2 aliphatic heterocycles. The van der Waals surface area contributed by atoms with Crippen molar-refractivity contribution in [2.45, 2.75) is 57.8 Å². The number of imide groups is 2. The molecule has 4 amide bonds. The van der Waals surface area contributed by atoms with Crippen LogP contribution in [0.3, 0.4) is 0 Å². The molecule has 2 bridgehead atoms. The van der Waals surface area contributed by atoms with Crippen LogP contribution in [0.1, 0.15) is 57.8 Å². The van der Waals surface area contributed by atoms with Crippen LogP contribution in [0.5, 0.6) is 0 Å². The van der Waals surface area contributed by atoms with Gasteiger partial charge in [-0.1, -0.05) is 31.4 Å². The molecule has 6 heteroatoms. The van der Waals surface area contributed by atoms with E-state index in [2.05, 4.69) is 13.2 Å². The van der Waals surface area contributed by atoms with Crippen LogP contribution in [0.25, 0.3) is 0 Å². The molecule has 0 radical (unpaired) electrons. The zero-order valence-electron chi connectivity index (χ0n) is 16.5. The van der Waals surface area contributed by atoms with Crippen molar-refractivity contribution >= 4 is 23.6 Å². The number of unbranched alkanes of at least 4 members (excludes halogenated alkanes) is 2. The summed E-state index contributed by atoms with van der Waals surface area (Å²) in [5.41, 5.74) is -0.815. The van der Waals surface area contributed by atoms with Crippen molar-refractivity contribution in [3.05, 3.63) is 25.3 Å². The van der Waals surface area contributed by atoms with E-state index in [0.29, 0.717) is 38.5 Å². The Kier molecular flexibility index (Phi) is 6.16. The normalized spacial score (nSPS) is 26.7. The number of amides is 4. The smallest absolute Gasteiger partial charge is 0.242 e. The first-order chi connectivity index (χ1) is 13.5. The van der Waals surface area contributed by atoms with Gasteiger partial charge in [0, 0.05) is 18.5 Å². The molecule has 1 aliphatic carbocycles. The van der Waals surface area contributed by atoms with Crippen LogP contribution in [0.15, 0.2) is 25.3 Å². The van der Waals surface area contributed by atoms with E-state index in [1.165, 1.54) is 9.80 Å². The third-order valence-electron chi connectivity index (χ3n) is 6.57. The summed E-state index contributed by atoms with van der Waals surface area (Å²) in [6.07, 6.45) is 9.91. The zero-order valence-corrected chi connectivity index (χ0v) is 16.5. The monoisotopic (exact) mass is 386 g/mol. The van der Waals surface area contributed by atoms with E-state index in [0.717, 1.165) is 19.3 Å². The van der Waals surface area contributed by atoms with Gasteiger partial charge in [0.2, 0.25) is 23.6 Å². The van der Waals surface area contributed by atoms with Crippen LogP contribution >= 0.6 is 0 Å². The van der Waals surface area contributed by atoms with Crippen LogP contribution in [0.2, 0.25) is 0 Å². The van der Waals surface area contributed by atoms with E-state index in [1.54, 1.807) is 12.2 Å². The minimum absolute atomic E-state index is 0.240. The number of hydrogen-bond acceptors (Lipinski definition) is 4. The number of allylic oxidation sites excluding steroid dienone is 2. The molecule has 2 saturated heterocycles. The summed E-state index contributed by atoms with van der Waals surface area (Å²) in [4.78, 5) is 55.6. The highest BCUT2D eigenvalue weighted by atomic mass is 16.2. The van der Waals surface area contributed by atoms with E-state index in [9.17, 15) is 19.2 Å². The van der Waals surface area contributed by atoms with Crippen molar-refractivity contribution in [1.82, 2.24) is 9.80 Å². The van der Waals surface area contributed by atoms with E-state index < -0.39 is 40.9 Å². The molecular formula is C22H30N2O4.